The van der Waals surface area contributed by atoms with E-state index in [1.807, 2.05) is 9.80 Å². The smallest absolute Gasteiger partial charge is 0.270 e. The summed E-state index contributed by atoms with van der Waals surface area (Å²) in [5.41, 5.74) is 1.05. The average Bonchev–Trinajstić information content (AvgIpc) is 3.39. The van der Waals surface area contributed by atoms with Gasteiger partial charge in [0.05, 0.1) is 19.3 Å². The highest BCUT2D eigenvalue weighted by molar-refractivity contribution is 5.92. The first-order valence-corrected chi connectivity index (χ1v) is 15.7. The Kier molecular flexibility index (Phi) is 10.4. The normalized spacial score (nSPS) is 24.4. The standard InChI is InChI=1S/C32H45N7O5/c1-32(2,3)16-29(40)38-11-12-43-13-14-44-28-6-4-5-26(36-28)30(41)35-25-15-27(31(42)37-9-7-23(19-38)8-10-37)39(21-25)20-24-17-33-22-34-18-24/h4-6,17-18,22-23,25,27H,7-16,19-21H2,1-3H3,(H,35,41)/t25-,27+/m1/s1. The van der Waals surface area contributed by atoms with Crippen molar-refractivity contribution in [2.45, 2.75) is 65.1 Å². The van der Waals surface area contributed by atoms with Crippen molar-refractivity contribution < 1.29 is 23.9 Å². The van der Waals surface area contributed by atoms with E-state index in [-0.39, 0.29) is 47.5 Å². The van der Waals surface area contributed by atoms with Gasteiger partial charge in [-0.1, -0.05) is 26.8 Å². The lowest BCUT2D eigenvalue weighted by atomic mass is 9.90. The summed E-state index contributed by atoms with van der Waals surface area (Å²) in [6.45, 7) is 10.7. The minimum atomic E-state index is -0.379. The maximum atomic E-state index is 14.0. The van der Waals surface area contributed by atoms with Crippen LogP contribution < -0.4 is 10.1 Å². The highest BCUT2D eigenvalue weighted by Gasteiger charge is 2.40. The molecule has 4 aliphatic heterocycles. The van der Waals surface area contributed by atoms with Crippen LogP contribution in [0.4, 0.5) is 0 Å². The second-order valence-corrected chi connectivity index (χ2v) is 13.3. The van der Waals surface area contributed by atoms with E-state index in [4.69, 9.17) is 9.47 Å². The SMILES string of the molecule is CC(C)(C)CC(=O)N1CCOCCOc2cccc(n2)C(=O)N[C@@H]2C[C@@H](C(=O)N3CCC(CC3)C1)N(Cc1cncnc1)C2. The molecule has 238 valence electrons. The number of aromatic nitrogens is 3. The van der Waals surface area contributed by atoms with Gasteiger partial charge in [-0.3, -0.25) is 19.3 Å². The van der Waals surface area contributed by atoms with E-state index in [2.05, 4.69) is 45.9 Å². The number of likely N-dealkylation sites (tertiary alicyclic amines) is 1. The molecular formula is C32H45N7O5. The van der Waals surface area contributed by atoms with Crippen LogP contribution in [0, 0.1) is 11.3 Å². The second-order valence-electron chi connectivity index (χ2n) is 13.3. The number of fused-ring (bicyclic) bond motifs is 10. The quantitative estimate of drug-likeness (QED) is 0.522. The molecule has 2 aromatic heterocycles. The predicted molar refractivity (Wildman–Crippen MR) is 163 cm³/mol. The van der Waals surface area contributed by atoms with Crippen molar-refractivity contribution in [1.29, 1.82) is 0 Å². The molecule has 6 bridgehead atoms. The lowest BCUT2D eigenvalue weighted by molar-refractivity contribution is -0.139. The number of hydrogen-bond donors (Lipinski definition) is 1. The minimum Gasteiger partial charge on any atom is -0.475 e. The maximum absolute atomic E-state index is 14.0. The van der Waals surface area contributed by atoms with Crippen LogP contribution in [0.1, 0.15) is 62.5 Å². The van der Waals surface area contributed by atoms with Gasteiger partial charge in [0.25, 0.3) is 5.91 Å². The van der Waals surface area contributed by atoms with Crippen LogP contribution in [0.2, 0.25) is 0 Å². The van der Waals surface area contributed by atoms with E-state index >= 15 is 0 Å². The maximum Gasteiger partial charge on any atom is 0.270 e. The van der Waals surface area contributed by atoms with Crippen molar-refractivity contribution in [2.24, 2.45) is 11.3 Å². The van der Waals surface area contributed by atoms with Gasteiger partial charge < -0.3 is 24.6 Å². The number of carbonyl (C=O) groups is 3. The summed E-state index contributed by atoms with van der Waals surface area (Å²) in [5.74, 6) is 0.546. The number of nitrogens with zero attached hydrogens (tertiary/aromatic N) is 6. The number of rotatable bonds is 3. The summed E-state index contributed by atoms with van der Waals surface area (Å²) in [7, 11) is 0. The fourth-order valence-electron chi connectivity index (χ4n) is 6.19. The van der Waals surface area contributed by atoms with E-state index in [0.717, 1.165) is 18.4 Å². The number of nitrogens with one attached hydrogen (secondary N) is 1. The lowest BCUT2D eigenvalue weighted by Gasteiger charge is -2.37. The molecule has 12 nitrogen and oxygen atoms in total. The first-order valence-electron chi connectivity index (χ1n) is 15.7. The second kappa shape index (κ2) is 14.4. The van der Waals surface area contributed by atoms with Gasteiger partial charge in [0.1, 0.15) is 18.6 Å². The molecule has 6 heterocycles. The van der Waals surface area contributed by atoms with Crippen molar-refractivity contribution in [3.63, 3.8) is 0 Å². The molecule has 4 aliphatic rings. The topological polar surface area (TPSA) is 130 Å². The van der Waals surface area contributed by atoms with Crippen LogP contribution in [-0.2, 0) is 20.9 Å². The summed E-state index contributed by atoms with van der Waals surface area (Å²) < 4.78 is 11.6. The molecule has 12 heteroatoms. The average molecular weight is 608 g/mol. The van der Waals surface area contributed by atoms with Crippen molar-refractivity contribution in [1.82, 2.24) is 35.0 Å². The van der Waals surface area contributed by atoms with Gasteiger partial charge in [-0.2, -0.15) is 0 Å². The zero-order valence-corrected chi connectivity index (χ0v) is 26.1. The molecule has 6 rings (SSSR count). The van der Waals surface area contributed by atoms with Gasteiger partial charge in [-0.25, -0.2) is 15.0 Å². The number of hydrogen-bond acceptors (Lipinski definition) is 9. The fourth-order valence-corrected chi connectivity index (χ4v) is 6.19. The number of pyridine rings is 1. The van der Waals surface area contributed by atoms with Crippen LogP contribution >= 0.6 is 0 Å². The van der Waals surface area contributed by atoms with Gasteiger partial charge in [-0.05, 0) is 36.7 Å². The molecule has 3 amide bonds. The molecule has 0 spiro atoms. The summed E-state index contributed by atoms with van der Waals surface area (Å²) in [5, 5.41) is 3.10. The fraction of sp³-hybridized carbons (Fsp3) is 0.625. The Morgan fingerprint density at radius 2 is 1.80 bits per heavy atom. The third-order valence-electron chi connectivity index (χ3n) is 8.40. The van der Waals surface area contributed by atoms with Gasteiger partial charge in [0.15, 0.2) is 0 Å². The molecule has 2 atom stereocenters. The zero-order valence-electron chi connectivity index (χ0n) is 26.1. The third kappa shape index (κ3) is 8.72. The Hall–Kier alpha value is -3.64. The molecule has 0 saturated carbocycles. The van der Waals surface area contributed by atoms with Gasteiger partial charge in [0.2, 0.25) is 17.7 Å². The zero-order chi connectivity index (χ0) is 31.1. The van der Waals surface area contributed by atoms with Crippen molar-refractivity contribution in [2.75, 3.05) is 52.5 Å². The van der Waals surface area contributed by atoms with E-state index in [1.54, 1.807) is 30.6 Å². The predicted octanol–water partition coefficient (Wildman–Crippen LogP) is 2.16. The van der Waals surface area contributed by atoms with Crippen LogP contribution in [0.25, 0.3) is 0 Å². The monoisotopic (exact) mass is 607 g/mol. The Bertz CT molecular complexity index is 1280. The van der Waals surface area contributed by atoms with E-state index in [1.165, 1.54) is 6.33 Å². The molecule has 2 aromatic rings. The van der Waals surface area contributed by atoms with E-state index < -0.39 is 0 Å². The van der Waals surface area contributed by atoms with Crippen molar-refractivity contribution in [3.8, 4) is 5.88 Å². The summed E-state index contributed by atoms with van der Waals surface area (Å²) in [4.78, 5) is 59.1. The van der Waals surface area contributed by atoms with E-state index in [9.17, 15) is 14.4 Å². The van der Waals surface area contributed by atoms with Crippen LogP contribution in [0.15, 0.2) is 36.9 Å². The van der Waals surface area contributed by atoms with Crippen molar-refractivity contribution >= 4 is 17.7 Å². The first-order chi connectivity index (χ1) is 21.1. The summed E-state index contributed by atoms with van der Waals surface area (Å²) in [6.07, 6.45) is 7.64. The first kappa shape index (κ1) is 31.8. The number of amides is 3. The Labute approximate surface area is 259 Å². The van der Waals surface area contributed by atoms with Gasteiger partial charge in [-0.15, -0.1) is 0 Å². The third-order valence-corrected chi connectivity index (χ3v) is 8.40. The van der Waals surface area contributed by atoms with Crippen molar-refractivity contribution in [3.05, 3.63) is 48.2 Å². The molecule has 0 aliphatic carbocycles. The molecule has 2 fully saturated rings. The van der Waals surface area contributed by atoms with E-state index in [0.29, 0.717) is 77.1 Å². The Morgan fingerprint density at radius 1 is 1.02 bits per heavy atom. The Morgan fingerprint density at radius 3 is 2.55 bits per heavy atom. The molecule has 44 heavy (non-hydrogen) atoms. The number of ether oxygens (including phenoxy) is 2. The Balaban J connectivity index is 1.34. The minimum absolute atomic E-state index is 0.0746. The number of piperidine rings is 1. The summed E-state index contributed by atoms with van der Waals surface area (Å²) in [6, 6.07) is 4.49. The lowest BCUT2D eigenvalue weighted by Crippen LogP contribution is -2.49. The van der Waals surface area contributed by atoms with Crippen LogP contribution in [0.5, 0.6) is 5.88 Å². The number of carbonyl (C=O) groups excluding carboxylic acids is 3. The highest BCUT2D eigenvalue weighted by Crippen LogP contribution is 2.27. The summed E-state index contributed by atoms with van der Waals surface area (Å²) >= 11 is 0. The largest absolute Gasteiger partial charge is 0.475 e. The molecule has 0 aromatic carbocycles. The van der Waals surface area contributed by atoms with Gasteiger partial charge >= 0.3 is 0 Å². The highest BCUT2D eigenvalue weighted by atomic mass is 16.5. The van der Waals surface area contributed by atoms with Gasteiger partial charge in [0, 0.05) is 75.8 Å². The van der Waals surface area contributed by atoms with Crippen LogP contribution in [-0.4, -0.2) is 112 Å². The molecular weight excluding hydrogens is 562 g/mol. The molecule has 2 saturated heterocycles. The molecule has 0 radical (unpaired) electrons. The molecule has 1 N–H and O–H groups in total. The van der Waals surface area contributed by atoms with Crippen LogP contribution in [0.3, 0.4) is 0 Å². The molecule has 0 unspecified atom stereocenters.